The lowest BCUT2D eigenvalue weighted by molar-refractivity contribution is -0.140. The molecule has 0 aliphatic carbocycles. The van der Waals surface area contributed by atoms with Crippen molar-refractivity contribution in [2.45, 2.75) is 19.0 Å². The first-order valence-corrected chi connectivity index (χ1v) is 7.18. The Kier molecular flexibility index (Phi) is 3.63. The van der Waals surface area contributed by atoms with Crippen LogP contribution in [-0.4, -0.2) is 37.0 Å². The zero-order chi connectivity index (χ0) is 16.0. The molecule has 1 N–H and O–H groups in total. The molecule has 7 heteroatoms. The molecular formula is C15H16F4N2O. The zero-order valence-corrected chi connectivity index (χ0v) is 11.8. The average molecular weight is 316 g/mol. The number of rotatable bonds is 1. The molecule has 1 spiro atoms. The number of alkyl halides is 3. The molecule has 3 nitrogen and oxygen atoms in total. The van der Waals surface area contributed by atoms with E-state index in [1.807, 2.05) is 0 Å². The predicted octanol–water partition coefficient (Wildman–Crippen LogP) is 2.67. The van der Waals surface area contributed by atoms with Gasteiger partial charge in [-0.2, -0.15) is 13.2 Å². The molecule has 0 radical (unpaired) electrons. The molecule has 2 saturated heterocycles. The summed E-state index contributed by atoms with van der Waals surface area (Å²) < 4.78 is 51.5. The Morgan fingerprint density at radius 2 is 2.05 bits per heavy atom. The maximum atomic E-state index is 13.3. The van der Waals surface area contributed by atoms with Gasteiger partial charge in [-0.3, -0.25) is 4.79 Å². The third kappa shape index (κ3) is 2.69. The van der Waals surface area contributed by atoms with Gasteiger partial charge in [0.25, 0.3) is 5.91 Å². The molecule has 1 atom stereocenters. The van der Waals surface area contributed by atoms with E-state index in [1.165, 1.54) is 0 Å². The standard InChI is InChI=1S/C15H16F4N2O/c16-12-2-1-10(7-11(12)15(17,18)19)13(22)21-6-4-14(9-21)3-5-20-8-14/h1-2,7,20H,3-6,8-9H2. The van der Waals surface area contributed by atoms with Crippen LogP contribution in [0.25, 0.3) is 0 Å². The molecule has 22 heavy (non-hydrogen) atoms. The van der Waals surface area contributed by atoms with E-state index >= 15 is 0 Å². The molecule has 1 aromatic rings. The number of likely N-dealkylation sites (tertiary alicyclic amines) is 1. The molecule has 0 saturated carbocycles. The molecule has 3 rings (SSSR count). The van der Waals surface area contributed by atoms with Gasteiger partial charge in [0.15, 0.2) is 0 Å². The molecule has 0 aromatic heterocycles. The lowest BCUT2D eigenvalue weighted by Crippen LogP contribution is -2.33. The van der Waals surface area contributed by atoms with Gasteiger partial charge in [0.1, 0.15) is 5.82 Å². The third-order valence-electron chi connectivity index (χ3n) is 4.58. The molecule has 2 fully saturated rings. The number of nitrogens with one attached hydrogen (secondary N) is 1. The average Bonchev–Trinajstić information content (AvgIpc) is 3.08. The van der Waals surface area contributed by atoms with Crippen molar-refractivity contribution in [1.82, 2.24) is 10.2 Å². The molecule has 120 valence electrons. The minimum atomic E-state index is -4.80. The number of hydrogen-bond acceptors (Lipinski definition) is 2. The fourth-order valence-electron chi connectivity index (χ4n) is 3.31. The van der Waals surface area contributed by atoms with Gasteiger partial charge in [-0.15, -0.1) is 0 Å². The van der Waals surface area contributed by atoms with Crippen molar-refractivity contribution in [3.63, 3.8) is 0 Å². The highest BCUT2D eigenvalue weighted by molar-refractivity contribution is 5.94. The monoisotopic (exact) mass is 316 g/mol. The second-order valence-corrected chi connectivity index (χ2v) is 6.10. The number of amides is 1. The molecule has 2 aliphatic heterocycles. The molecule has 1 aromatic carbocycles. The first-order chi connectivity index (χ1) is 10.3. The summed E-state index contributed by atoms with van der Waals surface area (Å²) in [7, 11) is 0. The van der Waals surface area contributed by atoms with Crippen LogP contribution in [-0.2, 0) is 6.18 Å². The van der Waals surface area contributed by atoms with Crippen LogP contribution in [0.4, 0.5) is 17.6 Å². The Morgan fingerprint density at radius 3 is 2.68 bits per heavy atom. The van der Waals surface area contributed by atoms with E-state index in [2.05, 4.69) is 5.32 Å². The number of benzene rings is 1. The molecular weight excluding hydrogens is 300 g/mol. The van der Waals surface area contributed by atoms with Crippen molar-refractivity contribution in [1.29, 1.82) is 0 Å². The summed E-state index contributed by atoms with van der Waals surface area (Å²) in [5.74, 6) is -1.82. The van der Waals surface area contributed by atoms with Crippen molar-refractivity contribution < 1.29 is 22.4 Å². The summed E-state index contributed by atoms with van der Waals surface area (Å²) in [5.41, 5.74) is -1.46. The molecule has 1 unspecified atom stereocenters. The van der Waals surface area contributed by atoms with Gasteiger partial charge >= 0.3 is 6.18 Å². The van der Waals surface area contributed by atoms with Crippen LogP contribution < -0.4 is 5.32 Å². The number of carbonyl (C=O) groups is 1. The molecule has 0 bridgehead atoms. The normalized spacial score (nSPS) is 25.2. The zero-order valence-electron chi connectivity index (χ0n) is 11.8. The Labute approximate surface area is 125 Å². The Hall–Kier alpha value is -1.63. The summed E-state index contributed by atoms with van der Waals surface area (Å²) in [6.45, 7) is 2.79. The summed E-state index contributed by atoms with van der Waals surface area (Å²) in [6.07, 6.45) is -2.99. The first kappa shape index (κ1) is 15.3. The highest BCUT2D eigenvalue weighted by Crippen LogP contribution is 2.37. The van der Waals surface area contributed by atoms with Gasteiger partial charge in [-0.05, 0) is 37.6 Å². The minimum absolute atomic E-state index is 0.0442. The van der Waals surface area contributed by atoms with Crippen molar-refractivity contribution >= 4 is 5.91 Å². The van der Waals surface area contributed by atoms with E-state index < -0.39 is 23.5 Å². The number of nitrogens with zero attached hydrogens (tertiary/aromatic N) is 1. The van der Waals surface area contributed by atoms with Crippen LogP contribution in [0.1, 0.15) is 28.8 Å². The van der Waals surface area contributed by atoms with Crippen molar-refractivity contribution in [2.75, 3.05) is 26.2 Å². The number of carbonyl (C=O) groups excluding carboxylic acids is 1. The fourth-order valence-corrected chi connectivity index (χ4v) is 3.31. The number of halogens is 4. The van der Waals surface area contributed by atoms with Gasteiger partial charge in [-0.25, -0.2) is 4.39 Å². The van der Waals surface area contributed by atoms with Gasteiger partial charge < -0.3 is 10.2 Å². The SMILES string of the molecule is O=C(c1ccc(F)c(C(F)(F)F)c1)N1CCC2(CCNC2)C1. The lowest BCUT2D eigenvalue weighted by atomic mass is 9.86. The molecule has 2 aliphatic rings. The second-order valence-electron chi connectivity index (χ2n) is 6.10. The van der Waals surface area contributed by atoms with E-state index in [0.717, 1.165) is 32.0 Å². The third-order valence-corrected chi connectivity index (χ3v) is 4.58. The summed E-state index contributed by atoms with van der Waals surface area (Å²) in [5, 5.41) is 3.25. The Bertz CT molecular complexity index is 594. The quantitative estimate of drug-likeness (QED) is 0.808. The second kappa shape index (κ2) is 5.22. The van der Waals surface area contributed by atoms with E-state index in [0.29, 0.717) is 25.2 Å². The van der Waals surface area contributed by atoms with Gasteiger partial charge in [0.05, 0.1) is 5.56 Å². The summed E-state index contributed by atoms with van der Waals surface area (Å²) in [6, 6.07) is 2.43. The Morgan fingerprint density at radius 1 is 1.27 bits per heavy atom. The van der Waals surface area contributed by atoms with Crippen LogP contribution >= 0.6 is 0 Å². The van der Waals surface area contributed by atoms with E-state index in [9.17, 15) is 22.4 Å². The maximum absolute atomic E-state index is 13.3. The van der Waals surface area contributed by atoms with Crippen LogP contribution in [0.5, 0.6) is 0 Å². The first-order valence-electron chi connectivity index (χ1n) is 7.18. The van der Waals surface area contributed by atoms with E-state index in [1.54, 1.807) is 4.90 Å². The van der Waals surface area contributed by atoms with Crippen LogP contribution in [0, 0.1) is 11.2 Å². The van der Waals surface area contributed by atoms with E-state index in [4.69, 9.17) is 0 Å². The van der Waals surface area contributed by atoms with Crippen LogP contribution in [0.2, 0.25) is 0 Å². The van der Waals surface area contributed by atoms with Crippen molar-refractivity contribution in [3.05, 3.63) is 35.1 Å². The van der Waals surface area contributed by atoms with E-state index in [-0.39, 0.29) is 11.0 Å². The van der Waals surface area contributed by atoms with Gasteiger partial charge in [0, 0.05) is 30.6 Å². The van der Waals surface area contributed by atoms with Gasteiger partial charge in [0.2, 0.25) is 0 Å². The lowest BCUT2D eigenvalue weighted by Gasteiger charge is -2.23. The molecule has 1 amide bonds. The maximum Gasteiger partial charge on any atom is 0.419 e. The summed E-state index contributed by atoms with van der Waals surface area (Å²) >= 11 is 0. The summed E-state index contributed by atoms with van der Waals surface area (Å²) in [4.78, 5) is 14.0. The van der Waals surface area contributed by atoms with Crippen LogP contribution in [0.3, 0.4) is 0 Å². The van der Waals surface area contributed by atoms with Crippen LogP contribution in [0.15, 0.2) is 18.2 Å². The predicted molar refractivity (Wildman–Crippen MR) is 71.8 cm³/mol. The Balaban J connectivity index is 1.81. The van der Waals surface area contributed by atoms with Crippen molar-refractivity contribution in [2.24, 2.45) is 5.41 Å². The smallest absolute Gasteiger partial charge is 0.338 e. The minimum Gasteiger partial charge on any atom is -0.338 e. The topological polar surface area (TPSA) is 32.3 Å². The molecule has 2 heterocycles. The van der Waals surface area contributed by atoms with Gasteiger partial charge in [-0.1, -0.05) is 0 Å². The number of hydrogen-bond donors (Lipinski definition) is 1. The van der Waals surface area contributed by atoms with Crippen molar-refractivity contribution in [3.8, 4) is 0 Å². The highest BCUT2D eigenvalue weighted by atomic mass is 19.4. The highest BCUT2D eigenvalue weighted by Gasteiger charge is 2.42. The largest absolute Gasteiger partial charge is 0.419 e. The fraction of sp³-hybridized carbons (Fsp3) is 0.533.